The summed E-state index contributed by atoms with van der Waals surface area (Å²) in [5.74, 6) is 0.476. The first-order valence-corrected chi connectivity index (χ1v) is 10.8. The fourth-order valence-electron chi connectivity index (χ4n) is 4.19. The molecule has 0 radical (unpaired) electrons. The van der Waals surface area contributed by atoms with Crippen LogP contribution in [0.2, 0.25) is 0 Å². The number of nitrogens with zero attached hydrogens (tertiary/aromatic N) is 4. The van der Waals surface area contributed by atoms with Crippen molar-refractivity contribution in [1.29, 1.82) is 0 Å². The van der Waals surface area contributed by atoms with Gasteiger partial charge < -0.3 is 19.3 Å². The van der Waals surface area contributed by atoms with Crippen LogP contribution in [0.1, 0.15) is 18.2 Å². The quantitative estimate of drug-likeness (QED) is 0.615. The molecule has 0 unspecified atom stereocenters. The second-order valence-electron chi connectivity index (χ2n) is 7.73. The second kappa shape index (κ2) is 9.40. The van der Waals surface area contributed by atoms with E-state index in [1.54, 1.807) is 38.6 Å². The Morgan fingerprint density at radius 3 is 2.31 bits per heavy atom. The number of carbonyl (C=O) groups is 2. The van der Waals surface area contributed by atoms with Crippen molar-refractivity contribution in [2.24, 2.45) is 0 Å². The SMILES string of the molecule is CCN1CCN(C2=C(c3ccc(OC)c(OC)c3)C(=O)N(Cc3ccccn3)C2=O)CC1. The number of piperazine rings is 1. The van der Waals surface area contributed by atoms with E-state index in [9.17, 15) is 9.59 Å². The molecule has 4 rings (SSSR count). The molecule has 168 valence electrons. The minimum Gasteiger partial charge on any atom is -0.493 e. The van der Waals surface area contributed by atoms with Crippen LogP contribution in [0.25, 0.3) is 5.57 Å². The van der Waals surface area contributed by atoms with Crippen LogP contribution in [0, 0.1) is 0 Å². The van der Waals surface area contributed by atoms with Gasteiger partial charge >= 0.3 is 0 Å². The highest BCUT2D eigenvalue weighted by Crippen LogP contribution is 2.37. The number of imide groups is 1. The average molecular weight is 437 g/mol. The molecule has 1 fully saturated rings. The van der Waals surface area contributed by atoms with Crippen LogP contribution in [0.15, 0.2) is 48.3 Å². The van der Waals surface area contributed by atoms with Crippen LogP contribution in [-0.4, -0.2) is 78.4 Å². The van der Waals surface area contributed by atoms with E-state index in [1.165, 1.54) is 4.90 Å². The van der Waals surface area contributed by atoms with E-state index < -0.39 is 0 Å². The molecule has 0 spiro atoms. The van der Waals surface area contributed by atoms with Gasteiger partial charge in [0.25, 0.3) is 11.8 Å². The molecule has 2 aromatic rings. The molecule has 8 heteroatoms. The van der Waals surface area contributed by atoms with E-state index in [-0.39, 0.29) is 18.4 Å². The normalized spacial score (nSPS) is 17.3. The maximum atomic E-state index is 13.6. The predicted octanol–water partition coefficient (Wildman–Crippen LogP) is 2.02. The summed E-state index contributed by atoms with van der Waals surface area (Å²) >= 11 is 0. The van der Waals surface area contributed by atoms with Crippen LogP contribution in [0.4, 0.5) is 0 Å². The van der Waals surface area contributed by atoms with Gasteiger partial charge in [-0.3, -0.25) is 19.5 Å². The molecule has 3 heterocycles. The van der Waals surface area contributed by atoms with Crippen LogP contribution in [0.5, 0.6) is 11.5 Å². The number of carbonyl (C=O) groups excluding carboxylic acids is 2. The summed E-state index contributed by atoms with van der Waals surface area (Å²) in [7, 11) is 3.12. The first-order valence-electron chi connectivity index (χ1n) is 10.8. The third-order valence-electron chi connectivity index (χ3n) is 6.00. The van der Waals surface area contributed by atoms with Gasteiger partial charge in [-0.25, -0.2) is 0 Å². The van der Waals surface area contributed by atoms with Crippen molar-refractivity contribution in [3.63, 3.8) is 0 Å². The Balaban J connectivity index is 1.74. The van der Waals surface area contributed by atoms with Crippen LogP contribution in [-0.2, 0) is 16.1 Å². The highest BCUT2D eigenvalue weighted by atomic mass is 16.5. The van der Waals surface area contributed by atoms with Gasteiger partial charge in [0.15, 0.2) is 11.5 Å². The Kier molecular flexibility index (Phi) is 6.41. The number of amides is 2. The fourth-order valence-corrected chi connectivity index (χ4v) is 4.19. The topological polar surface area (TPSA) is 75.2 Å². The molecule has 2 amide bonds. The smallest absolute Gasteiger partial charge is 0.278 e. The number of hydrogen-bond acceptors (Lipinski definition) is 7. The lowest BCUT2D eigenvalue weighted by molar-refractivity contribution is -0.138. The molecule has 0 aliphatic carbocycles. The lowest BCUT2D eigenvalue weighted by Crippen LogP contribution is -2.47. The lowest BCUT2D eigenvalue weighted by Gasteiger charge is -2.36. The zero-order valence-electron chi connectivity index (χ0n) is 18.7. The van der Waals surface area contributed by atoms with E-state index in [2.05, 4.69) is 16.8 Å². The molecule has 2 aliphatic rings. The van der Waals surface area contributed by atoms with Gasteiger partial charge in [0, 0.05) is 32.4 Å². The molecule has 32 heavy (non-hydrogen) atoms. The molecule has 0 bridgehead atoms. The first kappa shape index (κ1) is 21.8. The Hall–Kier alpha value is -3.39. The minimum atomic E-state index is -0.319. The predicted molar refractivity (Wildman–Crippen MR) is 120 cm³/mol. The summed E-state index contributed by atoms with van der Waals surface area (Å²) in [6.07, 6.45) is 1.66. The second-order valence-corrected chi connectivity index (χ2v) is 7.73. The molecule has 0 saturated carbocycles. The molecule has 1 aromatic heterocycles. The maximum absolute atomic E-state index is 13.6. The summed E-state index contributed by atoms with van der Waals surface area (Å²) in [5, 5.41) is 0. The Morgan fingerprint density at radius 1 is 0.938 bits per heavy atom. The third kappa shape index (κ3) is 4.05. The number of hydrogen-bond donors (Lipinski definition) is 0. The van der Waals surface area contributed by atoms with E-state index in [1.807, 2.05) is 23.1 Å². The number of rotatable bonds is 7. The zero-order valence-corrected chi connectivity index (χ0v) is 18.7. The molecular weight excluding hydrogens is 408 g/mol. The number of aromatic nitrogens is 1. The van der Waals surface area contributed by atoms with Crippen molar-refractivity contribution in [2.45, 2.75) is 13.5 Å². The Labute approximate surface area is 188 Å². The van der Waals surface area contributed by atoms with E-state index in [0.29, 0.717) is 47.1 Å². The molecule has 2 aliphatic heterocycles. The molecule has 1 aromatic carbocycles. The Morgan fingerprint density at radius 2 is 1.69 bits per heavy atom. The highest BCUT2D eigenvalue weighted by Gasteiger charge is 2.42. The minimum absolute atomic E-state index is 0.133. The van der Waals surface area contributed by atoms with Crippen LogP contribution < -0.4 is 9.47 Å². The van der Waals surface area contributed by atoms with E-state index >= 15 is 0 Å². The molecule has 0 atom stereocenters. The van der Waals surface area contributed by atoms with Crippen molar-refractivity contribution in [2.75, 3.05) is 46.9 Å². The summed E-state index contributed by atoms with van der Waals surface area (Å²) in [5.41, 5.74) is 2.15. The standard InChI is InChI=1S/C24H28N4O4/c1-4-26-11-13-27(14-12-26)22-21(17-8-9-19(31-2)20(15-17)32-3)23(29)28(24(22)30)16-18-7-5-6-10-25-18/h5-10,15H,4,11-14,16H2,1-3H3. The highest BCUT2D eigenvalue weighted by molar-refractivity contribution is 6.35. The summed E-state index contributed by atoms with van der Waals surface area (Å²) in [6.45, 7) is 6.30. The van der Waals surface area contributed by atoms with Gasteiger partial charge in [0.05, 0.1) is 32.0 Å². The monoisotopic (exact) mass is 436 g/mol. The summed E-state index contributed by atoms with van der Waals surface area (Å²) < 4.78 is 10.8. The lowest BCUT2D eigenvalue weighted by atomic mass is 10.0. The van der Waals surface area contributed by atoms with Gasteiger partial charge in [-0.1, -0.05) is 19.1 Å². The molecular formula is C24H28N4O4. The Bertz CT molecular complexity index is 1030. The first-order chi connectivity index (χ1) is 15.6. The van der Waals surface area contributed by atoms with Gasteiger partial charge in [0.2, 0.25) is 0 Å². The largest absolute Gasteiger partial charge is 0.493 e. The third-order valence-corrected chi connectivity index (χ3v) is 6.00. The van der Waals surface area contributed by atoms with Gasteiger partial charge in [-0.2, -0.15) is 0 Å². The van der Waals surface area contributed by atoms with E-state index in [0.717, 1.165) is 19.6 Å². The average Bonchev–Trinajstić information content (AvgIpc) is 3.09. The number of likely N-dealkylation sites (N-methyl/N-ethyl adjacent to an activating group) is 1. The summed E-state index contributed by atoms with van der Waals surface area (Å²) in [6, 6.07) is 10.8. The molecule has 8 nitrogen and oxygen atoms in total. The summed E-state index contributed by atoms with van der Waals surface area (Å²) in [4.78, 5) is 37.1. The zero-order chi connectivity index (χ0) is 22.7. The maximum Gasteiger partial charge on any atom is 0.278 e. The van der Waals surface area contributed by atoms with Crippen LogP contribution >= 0.6 is 0 Å². The number of methoxy groups -OCH3 is 2. The fraction of sp³-hybridized carbons (Fsp3) is 0.375. The van der Waals surface area contributed by atoms with Crippen molar-refractivity contribution in [3.05, 3.63) is 59.5 Å². The molecule has 1 saturated heterocycles. The van der Waals surface area contributed by atoms with Gasteiger partial charge in [0.1, 0.15) is 5.70 Å². The van der Waals surface area contributed by atoms with Crippen molar-refractivity contribution in [1.82, 2.24) is 19.7 Å². The van der Waals surface area contributed by atoms with Gasteiger partial charge in [-0.15, -0.1) is 0 Å². The number of ether oxygens (including phenoxy) is 2. The molecule has 0 N–H and O–H groups in total. The number of benzene rings is 1. The van der Waals surface area contributed by atoms with Gasteiger partial charge in [-0.05, 0) is 36.4 Å². The van der Waals surface area contributed by atoms with Crippen molar-refractivity contribution >= 4 is 17.4 Å². The van der Waals surface area contributed by atoms with Crippen molar-refractivity contribution < 1.29 is 19.1 Å². The van der Waals surface area contributed by atoms with Crippen LogP contribution in [0.3, 0.4) is 0 Å². The number of pyridine rings is 1. The van der Waals surface area contributed by atoms with Crippen molar-refractivity contribution in [3.8, 4) is 11.5 Å². The van der Waals surface area contributed by atoms with E-state index in [4.69, 9.17) is 9.47 Å².